The summed E-state index contributed by atoms with van der Waals surface area (Å²) in [6.07, 6.45) is 3.06. The number of aliphatic hydroxyl groups is 1. The van der Waals surface area contributed by atoms with Crippen LogP contribution in [0.4, 0.5) is 8.78 Å². The van der Waals surface area contributed by atoms with Crippen molar-refractivity contribution in [3.8, 4) is 22.1 Å². The van der Waals surface area contributed by atoms with Crippen molar-refractivity contribution in [1.29, 1.82) is 0 Å². The van der Waals surface area contributed by atoms with Crippen molar-refractivity contribution in [3.63, 3.8) is 0 Å². The molecule has 196 valence electrons. The molecule has 0 fully saturated rings. The number of hydrogen-bond donors (Lipinski definition) is 3. The van der Waals surface area contributed by atoms with Gasteiger partial charge >= 0.3 is 5.92 Å². The Labute approximate surface area is 215 Å². The molecule has 0 aliphatic heterocycles. The largest absolute Gasteiger partial charge is 0.437 e. The molecule has 37 heavy (non-hydrogen) atoms. The number of ether oxygens (including phenoxy) is 1. The van der Waals surface area contributed by atoms with Gasteiger partial charge in [0, 0.05) is 48.1 Å². The van der Waals surface area contributed by atoms with Crippen LogP contribution in [0.15, 0.2) is 35.4 Å². The zero-order valence-corrected chi connectivity index (χ0v) is 22.1. The summed E-state index contributed by atoms with van der Waals surface area (Å²) in [5.41, 5.74) is -1.16. The van der Waals surface area contributed by atoms with Gasteiger partial charge in [-0.15, -0.1) is 11.3 Å². The van der Waals surface area contributed by atoms with E-state index in [9.17, 15) is 14.7 Å². The number of nitrogens with zero attached hydrogens (tertiary/aromatic N) is 2. The first kappa shape index (κ1) is 26.5. The number of carbonyl (C=O) groups is 1. The highest BCUT2D eigenvalue weighted by molar-refractivity contribution is 7.16. The third-order valence-electron chi connectivity index (χ3n) is 6.10. The van der Waals surface area contributed by atoms with Crippen molar-refractivity contribution in [2.75, 3.05) is 6.54 Å². The molecule has 11 heteroatoms. The summed E-state index contributed by atoms with van der Waals surface area (Å²) in [4.78, 5) is 32.4. The van der Waals surface area contributed by atoms with Gasteiger partial charge in [0.2, 0.25) is 5.88 Å². The Hall–Kier alpha value is -3.57. The van der Waals surface area contributed by atoms with E-state index in [-0.39, 0.29) is 38.8 Å². The van der Waals surface area contributed by atoms with E-state index >= 15 is 8.78 Å². The summed E-state index contributed by atoms with van der Waals surface area (Å²) in [5.74, 6) is -3.64. The predicted octanol–water partition coefficient (Wildman–Crippen LogP) is 5.01. The van der Waals surface area contributed by atoms with Crippen LogP contribution in [0, 0.1) is 13.8 Å². The maximum Gasteiger partial charge on any atom is 0.310 e. The normalized spacial score (nSPS) is 12.2. The topological polar surface area (TPSA) is 109 Å². The standard InChI is InChI=1S/C26H28F2N4O4S/c1-7-29-22(33)17-11-15-16(12-32(6)24(34)18(15)31-17)20-19(36-23-13(2)9-8-10-30-23)14(3)21(37-20)26(27,28)25(4,5)35/h8-12,31,35H,7H2,1-6H3,(H,29,33). The van der Waals surface area contributed by atoms with E-state index in [1.807, 2.05) is 0 Å². The number of alkyl halides is 2. The van der Waals surface area contributed by atoms with Crippen LogP contribution in [0.2, 0.25) is 0 Å². The van der Waals surface area contributed by atoms with Crippen molar-refractivity contribution >= 4 is 28.1 Å². The Morgan fingerprint density at radius 1 is 1.32 bits per heavy atom. The van der Waals surface area contributed by atoms with Crippen molar-refractivity contribution in [2.24, 2.45) is 7.05 Å². The number of rotatable bonds is 7. The fourth-order valence-electron chi connectivity index (χ4n) is 3.94. The number of nitrogens with one attached hydrogen (secondary N) is 2. The average Bonchev–Trinajstić information content (AvgIpc) is 3.40. The van der Waals surface area contributed by atoms with Gasteiger partial charge in [-0.1, -0.05) is 6.07 Å². The highest BCUT2D eigenvalue weighted by Gasteiger charge is 2.50. The van der Waals surface area contributed by atoms with Gasteiger partial charge in [-0.3, -0.25) is 9.59 Å². The van der Waals surface area contributed by atoms with E-state index in [0.29, 0.717) is 27.9 Å². The molecule has 1 amide bonds. The summed E-state index contributed by atoms with van der Waals surface area (Å²) in [7, 11) is 1.54. The molecule has 0 atom stereocenters. The van der Waals surface area contributed by atoms with Gasteiger partial charge in [-0.2, -0.15) is 8.78 Å². The second-order valence-corrected chi connectivity index (χ2v) is 10.4. The maximum absolute atomic E-state index is 15.5. The fraction of sp³-hybridized carbons (Fsp3) is 0.346. The number of amides is 1. The molecular formula is C26H28F2N4O4S. The van der Waals surface area contributed by atoms with E-state index in [4.69, 9.17) is 4.74 Å². The quantitative estimate of drug-likeness (QED) is 0.311. The van der Waals surface area contributed by atoms with Gasteiger partial charge in [0.1, 0.15) is 16.8 Å². The molecule has 4 aromatic rings. The summed E-state index contributed by atoms with van der Waals surface area (Å²) in [6.45, 7) is 7.53. The molecule has 0 saturated heterocycles. The van der Waals surface area contributed by atoms with E-state index in [2.05, 4.69) is 15.3 Å². The number of hydrogen-bond acceptors (Lipinski definition) is 6. The molecule has 0 saturated carbocycles. The second kappa shape index (κ2) is 9.38. The van der Waals surface area contributed by atoms with E-state index in [0.717, 1.165) is 25.2 Å². The first-order valence-electron chi connectivity index (χ1n) is 11.6. The van der Waals surface area contributed by atoms with Gasteiger partial charge in [0.05, 0.1) is 9.75 Å². The van der Waals surface area contributed by atoms with Crippen molar-refractivity contribution in [1.82, 2.24) is 19.9 Å². The maximum atomic E-state index is 15.5. The average molecular weight is 531 g/mol. The van der Waals surface area contributed by atoms with E-state index in [1.165, 1.54) is 37.0 Å². The summed E-state index contributed by atoms with van der Waals surface area (Å²) >= 11 is 0.763. The second-order valence-electron chi connectivity index (χ2n) is 9.37. The zero-order chi connectivity index (χ0) is 27.3. The smallest absolute Gasteiger partial charge is 0.310 e. The number of H-pyrrole nitrogens is 1. The Balaban J connectivity index is 2.04. The van der Waals surface area contributed by atoms with Crippen molar-refractivity contribution in [2.45, 2.75) is 46.1 Å². The SMILES string of the molecule is CCNC(=O)c1cc2c(-c3sc(C(F)(F)C(C)(C)O)c(C)c3Oc3ncccc3C)cn(C)c(=O)c2[nH]1. The molecule has 4 heterocycles. The lowest BCUT2D eigenvalue weighted by Gasteiger charge is -2.28. The zero-order valence-electron chi connectivity index (χ0n) is 21.3. The van der Waals surface area contributed by atoms with Gasteiger partial charge in [-0.05, 0) is 46.8 Å². The number of carbonyl (C=O) groups excluding carboxylic acids is 1. The van der Waals surface area contributed by atoms with Crippen LogP contribution in [0.5, 0.6) is 11.6 Å². The number of fused-ring (bicyclic) bond motifs is 1. The fourth-order valence-corrected chi connectivity index (χ4v) is 5.33. The number of thiophene rings is 1. The molecule has 0 unspecified atom stereocenters. The third kappa shape index (κ3) is 4.53. The van der Waals surface area contributed by atoms with Crippen LogP contribution in [0.1, 0.15) is 47.3 Å². The number of aromatic amines is 1. The van der Waals surface area contributed by atoms with Crippen LogP contribution >= 0.6 is 11.3 Å². The monoisotopic (exact) mass is 530 g/mol. The molecule has 0 aliphatic rings. The summed E-state index contributed by atoms with van der Waals surface area (Å²) < 4.78 is 38.4. The summed E-state index contributed by atoms with van der Waals surface area (Å²) in [5, 5.41) is 13.4. The molecule has 0 aliphatic carbocycles. The first-order chi connectivity index (χ1) is 17.3. The van der Waals surface area contributed by atoms with Gasteiger partial charge in [-0.25, -0.2) is 4.98 Å². The van der Waals surface area contributed by atoms with Crippen LogP contribution in [-0.4, -0.2) is 37.7 Å². The van der Waals surface area contributed by atoms with Crippen molar-refractivity contribution in [3.05, 3.63) is 62.6 Å². The summed E-state index contributed by atoms with van der Waals surface area (Å²) in [6, 6.07) is 5.04. The Morgan fingerprint density at radius 2 is 2.03 bits per heavy atom. The predicted molar refractivity (Wildman–Crippen MR) is 139 cm³/mol. The van der Waals surface area contributed by atoms with Crippen molar-refractivity contribution < 1.29 is 23.4 Å². The van der Waals surface area contributed by atoms with Crippen LogP contribution < -0.4 is 15.6 Å². The third-order valence-corrected chi connectivity index (χ3v) is 7.47. The minimum Gasteiger partial charge on any atom is -0.437 e. The van der Waals surface area contributed by atoms with Crippen LogP contribution in [0.3, 0.4) is 0 Å². The number of aromatic nitrogens is 3. The highest BCUT2D eigenvalue weighted by Crippen LogP contribution is 2.53. The molecule has 4 rings (SSSR count). The molecule has 4 aromatic heterocycles. The van der Waals surface area contributed by atoms with E-state index < -0.39 is 17.4 Å². The molecular weight excluding hydrogens is 502 g/mol. The lowest BCUT2D eigenvalue weighted by molar-refractivity contribution is -0.166. The highest BCUT2D eigenvalue weighted by atomic mass is 32.1. The lowest BCUT2D eigenvalue weighted by atomic mass is 9.97. The minimum atomic E-state index is -3.61. The van der Waals surface area contributed by atoms with Crippen LogP contribution in [-0.2, 0) is 13.0 Å². The molecule has 0 spiro atoms. The van der Waals surface area contributed by atoms with Gasteiger partial charge in [0.25, 0.3) is 11.5 Å². The van der Waals surface area contributed by atoms with Gasteiger partial charge < -0.3 is 24.7 Å². The first-order valence-corrected chi connectivity index (χ1v) is 12.4. The Bertz CT molecular complexity index is 1560. The molecule has 3 N–H and O–H groups in total. The molecule has 8 nitrogen and oxygen atoms in total. The molecule has 0 bridgehead atoms. The van der Waals surface area contributed by atoms with Crippen LogP contribution in [0.25, 0.3) is 21.3 Å². The number of pyridine rings is 2. The van der Waals surface area contributed by atoms with Gasteiger partial charge in [0.15, 0.2) is 5.75 Å². The Morgan fingerprint density at radius 3 is 2.65 bits per heavy atom. The number of halogens is 2. The molecule has 0 aromatic carbocycles. The Kier molecular flexibility index (Phi) is 6.72. The molecule has 0 radical (unpaired) electrons. The number of aryl methyl sites for hydroxylation is 2. The lowest BCUT2D eigenvalue weighted by Crippen LogP contribution is -2.40. The van der Waals surface area contributed by atoms with E-state index in [1.54, 1.807) is 26.0 Å². The minimum absolute atomic E-state index is 0.131.